The number of aliphatic hydroxyl groups excluding tert-OH is 1. The van der Waals surface area contributed by atoms with E-state index in [9.17, 15) is 14.0 Å². The minimum absolute atomic E-state index is 0.247. The molecule has 1 aromatic carbocycles. The second kappa shape index (κ2) is 7.27. The van der Waals surface area contributed by atoms with Gasteiger partial charge in [0.25, 0.3) is 0 Å². The number of aliphatic hydroxyl groups is 1. The van der Waals surface area contributed by atoms with Crippen molar-refractivity contribution >= 4 is 18.0 Å². The molecule has 1 atom stereocenters. The van der Waals surface area contributed by atoms with Gasteiger partial charge in [0.05, 0.1) is 13.7 Å². The molecule has 0 saturated heterocycles. The quantitative estimate of drug-likeness (QED) is 0.601. The first kappa shape index (κ1) is 14.8. The summed E-state index contributed by atoms with van der Waals surface area (Å²) in [5.74, 6) is -1.85. The Morgan fingerprint density at radius 2 is 2.16 bits per heavy atom. The number of carbonyl (C=O) groups excluding carboxylic acids is 2. The molecular weight excluding hydrogens is 253 g/mol. The third-order valence-electron chi connectivity index (χ3n) is 2.30. The van der Waals surface area contributed by atoms with Crippen molar-refractivity contribution in [3.63, 3.8) is 0 Å². The van der Waals surface area contributed by atoms with Crippen LogP contribution in [-0.2, 0) is 14.3 Å². The van der Waals surface area contributed by atoms with Crippen molar-refractivity contribution in [2.24, 2.45) is 0 Å². The van der Waals surface area contributed by atoms with Crippen LogP contribution in [0.15, 0.2) is 30.3 Å². The Morgan fingerprint density at radius 1 is 1.47 bits per heavy atom. The normalized spacial score (nSPS) is 12.2. The Morgan fingerprint density at radius 3 is 2.74 bits per heavy atom. The van der Waals surface area contributed by atoms with Gasteiger partial charge in [-0.05, 0) is 12.1 Å². The second-order valence-corrected chi connectivity index (χ2v) is 3.62. The van der Waals surface area contributed by atoms with Crippen LogP contribution in [-0.4, -0.2) is 36.7 Å². The first-order valence-corrected chi connectivity index (χ1v) is 5.50. The van der Waals surface area contributed by atoms with Crippen molar-refractivity contribution in [3.05, 3.63) is 41.7 Å². The van der Waals surface area contributed by atoms with Gasteiger partial charge >= 0.3 is 5.97 Å². The maximum atomic E-state index is 13.3. The first-order valence-electron chi connectivity index (χ1n) is 5.50. The molecule has 5 nitrogen and oxygen atoms in total. The zero-order chi connectivity index (χ0) is 14.3. The lowest BCUT2D eigenvalue weighted by Crippen LogP contribution is -2.43. The average Bonchev–Trinajstić information content (AvgIpc) is 2.43. The van der Waals surface area contributed by atoms with Crippen molar-refractivity contribution in [2.45, 2.75) is 6.04 Å². The van der Waals surface area contributed by atoms with Gasteiger partial charge in [0, 0.05) is 11.6 Å². The van der Waals surface area contributed by atoms with Crippen LogP contribution in [0.2, 0.25) is 0 Å². The van der Waals surface area contributed by atoms with Gasteiger partial charge in [0.15, 0.2) is 6.04 Å². The summed E-state index contributed by atoms with van der Waals surface area (Å²) in [5, 5.41) is 11.1. The minimum Gasteiger partial charge on any atom is -0.467 e. The molecule has 0 saturated carbocycles. The highest BCUT2D eigenvalue weighted by atomic mass is 19.1. The van der Waals surface area contributed by atoms with Gasteiger partial charge in [0.1, 0.15) is 5.82 Å². The maximum Gasteiger partial charge on any atom is 0.330 e. The van der Waals surface area contributed by atoms with Crippen LogP contribution in [0, 0.1) is 5.82 Å². The number of nitrogens with one attached hydrogen (secondary N) is 1. The summed E-state index contributed by atoms with van der Waals surface area (Å²) >= 11 is 0. The van der Waals surface area contributed by atoms with Gasteiger partial charge in [-0.15, -0.1) is 0 Å². The number of hydrogen-bond acceptors (Lipinski definition) is 4. The lowest BCUT2D eigenvalue weighted by Gasteiger charge is -2.11. The molecule has 1 amide bonds. The molecule has 0 spiro atoms. The van der Waals surface area contributed by atoms with Crippen LogP contribution in [0.5, 0.6) is 0 Å². The molecule has 0 unspecified atom stereocenters. The summed E-state index contributed by atoms with van der Waals surface area (Å²) in [4.78, 5) is 22.6. The van der Waals surface area contributed by atoms with Gasteiger partial charge in [-0.25, -0.2) is 9.18 Å². The summed E-state index contributed by atoms with van der Waals surface area (Å²) in [5.41, 5.74) is 0.247. The van der Waals surface area contributed by atoms with Crippen LogP contribution in [0.4, 0.5) is 4.39 Å². The van der Waals surface area contributed by atoms with Gasteiger partial charge in [0.2, 0.25) is 5.91 Å². The third kappa shape index (κ3) is 4.51. The van der Waals surface area contributed by atoms with E-state index in [1.807, 2.05) is 0 Å². The standard InChI is InChI=1S/C13H14FNO4/c1-19-13(18)11(8-16)15-12(17)7-6-9-4-2-3-5-10(9)14/h2-7,11,16H,8H2,1H3,(H,15,17)/b7-6+/t11-/m1/s1. The molecule has 0 heterocycles. The molecule has 6 heteroatoms. The Labute approximate surface area is 109 Å². The largest absolute Gasteiger partial charge is 0.467 e. The lowest BCUT2D eigenvalue weighted by atomic mass is 10.2. The van der Waals surface area contributed by atoms with Gasteiger partial charge < -0.3 is 15.2 Å². The Bertz CT molecular complexity index is 487. The van der Waals surface area contributed by atoms with E-state index in [0.29, 0.717) is 0 Å². The molecule has 1 rings (SSSR count). The summed E-state index contributed by atoms with van der Waals surface area (Å²) in [7, 11) is 1.15. The zero-order valence-corrected chi connectivity index (χ0v) is 10.3. The summed E-state index contributed by atoms with van der Waals surface area (Å²) in [6, 6.07) is 4.80. The maximum absolute atomic E-state index is 13.3. The molecule has 102 valence electrons. The molecule has 0 aliphatic carbocycles. The fourth-order valence-corrected chi connectivity index (χ4v) is 1.32. The smallest absolute Gasteiger partial charge is 0.330 e. The number of halogens is 1. The molecule has 1 aromatic rings. The molecule has 19 heavy (non-hydrogen) atoms. The van der Waals surface area contributed by atoms with Crippen LogP contribution in [0.1, 0.15) is 5.56 Å². The van der Waals surface area contributed by atoms with E-state index in [0.717, 1.165) is 13.2 Å². The predicted molar refractivity (Wildman–Crippen MR) is 66.5 cm³/mol. The molecule has 0 aliphatic rings. The SMILES string of the molecule is COC(=O)[C@@H](CO)NC(=O)/C=C/c1ccccc1F. The summed E-state index contributed by atoms with van der Waals surface area (Å²) in [6.45, 7) is -0.577. The molecule has 0 aromatic heterocycles. The average molecular weight is 267 g/mol. The van der Waals surface area contributed by atoms with Crippen molar-refractivity contribution < 1.29 is 23.8 Å². The number of ether oxygens (including phenoxy) is 1. The van der Waals surface area contributed by atoms with Crippen LogP contribution >= 0.6 is 0 Å². The Balaban J connectivity index is 2.65. The monoisotopic (exact) mass is 267 g/mol. The van der Waals surface area contributed by atoms with E-state index in [1.165, 1.54) is 24.3 Å². The fraction of sp³-hybridized carbons (Fsp3) is 0.231. The van der Waals surface area contributed by atoms with Crippen LogP contribution in [0.3, 0.4) is 0 Å². The number of rotatable bonds is 5. The van der Waals surface area contributed by atoms with E-state index in [4.69, 9.17) is 5.11 Å². The summed E-state index contributed by atoms with van der Waals surface area (Å²) in [6.07, 6.45) is 2.35. The fourth-order valence-electron chi connectivity index (χ4n) is 1.32. The van der Waals surface area contributed by atoms with E-state index in [-0.39, 0.29) is 5.56 Å². The first-order chi connectivity index (χ1) is 9.08. The highest BCUT2D eigenvalue weighted by Crippen LogP contribution is 2.07. The molecule has 2 N–H and O–H groups in total. The predicted octanol–water partition coefficient (Wildman–Crippen LogP) is 0.489. The van der Waals surface area contributed by atoms with Crippen molar-refractivity contribution in [1.29, 1.82) is 0 Å². The summed E-state index contributed by atoms with van der Waals surface area (Å²) < 4.78 is 17.6. The van der Waals surface area contributed by atoms with Gasteiger partial charge in [-0.1, -0.05) is 18.2 Å². The number of hydrogen-bond donors (Lipinski definition) is 2. The lowest BCUT2D eigenvalue weighted by molar-refractivity contribution is -0.145. The number of carbonyl (C=O) groups is 2. The van der Waals surface area contributed by atoms with Crippen LogP contribution < -0.4 is 5.32 Å². The van der Waals surface area contributed by atoms with Crippen molar-refractivity contribution in [1.82, 2.24) is 5.32 Å². The zero-order valence-electron chi connectivity index (χ0n) is 10.3. The van der Waals surface area contributed by atoms with E-state index < -0.39 is 30.3 Å². The Hall–Kier alpha value is -2.21. The number of amides is 1. The molecule has 0 bridgehead atoms. The Kier molecular flexibility index (Phi) is 5.69. The van der Waals surface area contributed by atoms with Crippen molar-refractivity contribution in [2.75, 3.05) is 13.7 Å². The topological polar surface area (TPSA) is 75.6 Å². The van der Waals surface area contributed by atoms with E-state index in [1.54, 1.807) is 6.07 Å². The second-order valence-electron chi connectivity index (χ2n) is 3.62. The minimum atomic E-state index is -1.14. The number of benzene rings is 1. The molecule has 0 fully saturated rings. The molecular formula is C13H14FNO4. The van der Waals surface area contributed by atoms with E-state index >= 15 is 0 Å². The van der Waals surface area contributed by atoms with Crippen molar-refractivity contribution in [3.8, 4) is 0 Å². The third-order valence-corrected chi connectivity index (χ3v) is 2.30. The molecule has 0 radical (unpaired) electrons. The number of methoxy groups -OCH3 is 1. The van der Waals surface area contributed by atoms with Gasteiger partial charge in [-0.2, -0.15) is 0 Å². The van der Waals surface area contributed by atoms with Gasteiger partial charge in [-0.3, -0.25) is 4.79 Å². The molecule has 0 aliphatic heterocycles. The highest BCUT2D eigenvalue weighted by molar-refractivity contribution is 5.94. The highest BCUT2D eigenvalue weighted by Gasteiger charge is 2.19. The van der Waals surface area contributed by atoms with E-state index in [2.05, 4.69) is 10.1 Å². The van der Waals surface area contributed by atoms with Crippen LogP contribution in [0.25, 0.3) is 6.08 Å². The number of esters is 1.